The molecule has 1 aromatic carbocycles. The summed E-state index contributed by atoms with van der Waals surface area (Å²) in [5.74, 6) is -0.771. The smallest absolute Gasteiger partial charge is 1.00 e. The minimum atomic E-state index is -1.02. The first-order valence-corrected chi connectivity index (χ1v) is 12.7. The number of halogens is 4. The number of carboxylic acid groups (broad SMARTS) is 1. The van der Waals surface area contributed by atoms with E-state index in [1.54, 1.807) is 25.1 Å². The second kappa shape index (κ2) is 10.2. The van der Waals surface area contributed by atoms with Crippen molar-refractivity contribution in [1.29, 1.82) is 0 Å². The van der Waals surface area contributed by atoms with Crippen molar-refractivity contribution < 1.29 is 35.0 Å². The van der Waals surface area contributed by atoms with Crippen LogP contribution in [0.25, 0.3) is 0 Å². The molecule has 0 bridgehead atoms. The first-order chi connectivity index (χ1) is 16.1. The number of aromatic nitrogens is 2. The van der Waals surface area contributed by atoms with Gasteiger partial charge < -0.3 is 21.7 Å². The van der Waals surface area contributed by atoms with Crippen molar-refractivity contribution in [3.8, 4) is 0 Å². The van der Waals surface area contributed by atoms with Crippen LogP contribution in [0, 0.1) is 18.8 Å². The Bertz CT molecular complexity index is 1320. The van der Waals surface area contributed by atoms with Gasteiger partial charge in [-0.15, -0.1) is 0 Å². The maximum absolute atomic E-state index is 12.6. The fourth-order valence-electron chi connectivity index (χ4n) is 4.46. The van der Waals surface area contributed by atoms with Gasteiger partial charge >= 0.3 is 24.8 Å². The third-order valence-corrected chi connectivity index (χ3v) is 8.98. The van der Waals surface area contributed by atoms with E-state index in [9.17, 15) is 14.7 Å². The Labute approximate surface area is 238 Å². The van der Waals surface area contributed by atoms with E-state index in [1.165, 1.54) is 0 Å². The molecule has 1 aliphatic heterocycles. The predicted molar refractivity (Wildman–Crippen MR) is 135 cm³/mol. The van der Waals surface area contributed by atoms with Crippen molar-refractivity contribution in [2.75, 3.05) is 18.0 Å². The third kappa shape index (κ3) is 5.08. The van der Waals surface area contributed by atoms with Gasteiger partial charge in [-0.2, -0.15) is 0 Å². The Balaban J connectivity index is 0.00000180. The van der Waals surface area contributed by atoms with Gasteiger partial charge in [-0.3, -0.25) is 4.79 Å². The summed E-state index contributed by atoms with van der Waals surface area (Å²) in [7, 11) is 0. The minimum Gasteiger partial charge on any atom is -1.00 e. The average Bonchev–Trinajstić information content (AvgIpc) is 3.15. The number of carbonyl (C=O) groups excluding carboxylic acids is 1. The Morgan fingerprint density at radius 2 is 1.91 bits per heavy atom. The van der Waals surface area contributed by atoms with Crippen LogP contribution in [0.5, 0.6) is 0 Å². The Morgan fingerprint density at radius 1 is 1.23 bits per heavy atom. The number of thiazole rings is 1. The zero-order chi connectivity index (χ0) is 24.3. The Hall–Kier alpha value is -1.37. The molecule has 1 saturated carbocycles. The van der Waals surface area contributed by atoms with Crippen LogP contribution in [0.1, 0.15) is 38.5 Å². The fraction of sp³-hybridized carbons (Fsp3) is 0.318. The first kappa shape index (κ1) is 26.7. The van der Waals surface area contributed by atoms with Gasteiger partial charge in [0.25, 0.3) is 5.91 Å². The number of anilines is 1. The summed E-state index contributed by atoms with van der Waals surface area (Å²) in [6.45, 7) is 3.12. The molecule has 3 heterocycles. The number of piperidine rings is 1. The normalized spacial score (nSPS) is 20.4. The summed E-state index contributed by atoms with van der Waals surface area (Å²) in [5, 5.41) is 14.9. The summed E-state index contributed by atoms with van der Waals surface area (Å²) < 4.78 is 0. The number of aromatic amines is 1. The Morgan fingerprint density at radius 3 is 2.49 bits per heavy atom. The number of benzene rings is 1. The van der Waals surface area contributed by atoms with Crippen LogP contribution >= 0.6 is 57.7 Å². The molecule has 1 aliphatic carbocycles. The van der Waals surface area contributed by atoms with E-state index in [4.69, 9.17) is 46.4 Å². The molecular formula is C22H19Cl4LiN4O3S. The van der Waals surface area contributed by atoms with Gasteiger partial charge in [0, 0.05) is 53.1 Å². The molecule has 2 aromatic heterocycles. The van der Waals surface area contributed by atoms with Gasteiger partial charge in [0.1, 0.15) is 10.6 Å². The molecule has 180 valence electrons. The largest absolute Gasteiger partial charge is 1.00 e. The summed E-state index contributed by atoms with van der Waals surface area (Å²) in [6.07, 6.45) is 0.298. The number of H-pyrrole nitrogens is 1. The fourth-order valence-corrected chi connectivity index (χ4v) is 6.29. The molecule has 7 nitrogen and oxygen atoms in total. The van der Waals surface area contributed by atoms with Crippen LogP contribution in [-0.2, 0) is 6.42 Å². The molecule has 0 spiro atoms. The van der Waals surface area contributed by atoms with Crippen molar-refractivity contribution in [2.24, 2.45) is 11.8 Å². The number of rotatable bonds is 6. The van der Waals surface area contributed by atoms with Crippen molar-refractivity contribution in [1.82, 2.24) is 15.3 Å². The third-order valence-electron chi connectivity index (χ3n) is 6.30. The van der Waals surface area contributed by atoms with Gasteiger partial charge in [0.05, 0.1) is 15.7 Å². The van der Waals surface area contributed by atoms with Gasteiger partial charge in [0.2, 0.25) is 0 Å². The SMILES string of the molecule is Cc1[nH]c(C(=O)NC2[C@H]3CN(c4nc(Cc5ccc(Cl)cc5Cl)c(C(=O)O)s4)C[C@@H]23)c(Cl)c1Cl.[H-].[Li+]. The summed E-state index contributed by atoms with van der Waals surface area (Å²) in [6, 6.07) is 5.16. The van der Waals surface area contributed by atoms with E-state index >= 15 is 0 Å². The van der Waals surface area contributed by atoms with E-state index in [1.807, 2.05) is 0 Å². The molecule has 0 radical (unpaired) electrons. The second-order valence-electron chi connectivity index (χ2n) is 8.47. The summed E-state index contributed by atoms with van der Waals surface area (Å²) >= 11 is 25.6. The zero-order valence-corrected chi connectivity index (χ0v) is 22.5. The molecule has 1 saturated heterocycles. The number of carbonyl (C=O) groups is 2. The van der Waals surface area contributed by atoms with Gasteiger partial charge in [0.15, 0.2) is 5.13 Å². The molecule has 3 atom stereocenters. The van der Waals surface area contributed by atoms with E-state index in [-0.39, 0.29) is 59.7 Å². The van der Waals surface area contributed by atoms with Crippen molar-refractivity contribution in [2.45, 2.75) is 19.4 Å². The van der Waals surface area contributed by atoms with E-state index in [2.05, 4.69) is 20.2 Å². The van der Waals surface area contributed by atoms with Gasteiger partial charge in [-0.1, -0.05) is 63.8 Å². The number of hydrogen-bond acceptors (Lipinski definition) is 5. The average molecular weight is 568 g/mol. The van der Waals surface area contributed by atoms with E-state index < -0.39 is 5.97 Å². The maximum atomic E-state index is 12.6. The topological polar surface area (TPSA) is 98.3 Å². The predicted octanol–water partition coefficient (Wildman–Crippen LogP) is 2.66. The molecule has 5 rings (SSSR count). The van der Waals surface area contributed by atoms with Crippen LogP contribution < -0.4 is 29.1 Å². The number of hydrogen-bond donors (Lipinski definition) is 3. The molecular weight excluding hydrogens is 549 g/mol. The molecule has 2 aliphatic rings. The number of carboxylic acids is 1. The monoisotopic (exact) mass is 566 g/mol. The van der Waals surface area contributed by atoms with Gasteiger partial charge in [-0.25, -0.2) is 9.78 Å². The minimum absolute atomic E-state index is 0. The molecule has 13 heteroatoms. The molecule has 35 heavy (non-hydrogen) atoms. The molecule has 3 aromatic rings. The molecule has 2 fully saturated rings. The van der Waals surface area contributed by atoms with Crippen molar-refractivity contribution in [3.63, 3.8) is 0 Å². The first-order valence-electron chi connectivity index (χ1n) is 10.4. The number of amides is 1. The molecule has 1 amide bonds. The molecule has 1 unspecified atom stereocenters. The second-order valence-corrected chi connectivity index (χ2v) is 11.1. The van der Waals surface area contributed by atoms with E-state index in [0.717, 1.165) is 16.9 Å². The number of aromatic carboxylic acids is 1. The standard InChI is InChI=1S/C22H18Cl4N4O3S.Li.H/c1-8-15(25)16(26)18(27-8)20(31)29-17-11-6-30(7-12(11)17)22-28-14(19(34-22)21(32)33)4-9-2-3-10(23)5-13(9)24;;/h2-3,5,11-12,17,27H,4,6-7H2,1H3,(H,29,31)(H,32,33);;/q;+1;-1/t11-,12+,17?;;. The number of aryl methyl sites for hydroxylation is 1. The number of nitrogens with one attached hydrogen (secondary N) is 2. The van der Waals surface area contributed by atoms with Crippen molar-refractivity contribution >= 4 is 74.7 Å². The van der Waals surface area contributed by atoms with Crippen molar-refractivity contribution in [3.05, 3.63) is 65.8 Å². The summed E-state index contributed by atoms with van der Waals surface area (Å²) in [5.41, 5.74) is 2.14. The van der Waals surface area contributed by atoms with E-state index in [0.29, 0.717) is 51.1 Å². The quantitative estimate of drug-likeness (QED) is 0.398. The van der Waals surface area contributed by atoms with Gasteiger partial charge in [-0.05, 0) is 24.6 Å². The van der Waals surface area contributed by atoms with Crippen LogP contribution in [0.3, 0.4) is 0 Å². The summed E-state index contributed by atoms with van der Waals surface area (Å²) in [4.78, 5) is 34.3. The zero-order valence-electron chi connectivity index (χ0n) is 19.7. The maximum Gasteiger partial charge on any atom is 1.00 e. The Kier molecular flexibility index (Phi) is 7.76. The van der Waals surface area contributed by atoms with Crippen LogP contribution in [-0.4, -0.2) is 46.1 Å². The number of fused-ring (bicyclic) bond motifs is 1. The van der Waals surface area contributed by atoms with Crippen LogP contribution in [0.4, 0.5) is 5.13 Å². The number of nitrogens with zero attached hydrogens (tertiary/aromatic N) is 2. The van der Waals surface area contributed by atoms with Crippen LogP contribution in [0.15, 0.2) is 18.2 Å². The van der Waals surface area contributed by atoms with Crippen LogP contribution in [0.2, 0.25) is 20.1 Å². The molecule has 3 N–H and O–H groups in total.